The number of aromatic nitrogens is 3. The van der Waals surface area contributed by atoms with Crippen LogP contribution in [-0.2, 0) is 17.6 Å². The first kappa shape index (κ1) is 19.9. The average Bonchev–Trinajstić information content (AvgIpc) is 3.00. The largest absolute Gasteiger partial charge is 0.481 e. The number of fused-ring (bicyclic) bond motifs is 1. The fourth-order valence-electron chi connectivity index (χ4n) is 4.74. The van der Waals surface area contributed by atoms with E-state index in [-0.39, 0.29) is 18.2 Å². The number of hydrogen-bond donors (Lipinski definition) is 1. The van der Waals surface area contributed by atoms with Crippen molar-refractivity contribution in [2.75, 3.05) is 20.1 Å². The SMILES string of the molecule is CN1CCc2ccc(-n3ncn(C4CCC(CCC(=O)O)CC4)c3=O)cc2CC1. The first-order valence-electron chi connectivity index (χ1n) is 10.7. The zero-order valence-electron chi connectivity index (χ0n) is 17.1. The maximum absolute atomic E-state index is 13.0. The second-order valence-corrected chi connectivity index (χ2v) is 8.60. The van der Waals surface area contributed by atoms with Crippen molar-refractivity contribution in [3.63, 3.8) is 0 Å². The van der Waals surface area contributed by atoms with Crippen LogP contribution >= 0.6 is 0 Å². The van der Waals surface area contributed by atoms with Gasteiger partial charge in [0.1, 0.15) is 6.33 Å². The highest BCUT2D eigenvalue weighted by Gasteiger charge is 2.25. The van der Waals surface area contributed by atoms with E-state index in [0.29, 0.717) is 5.92 Å². The molecule has 29 heavy (non-hydrogen) atoms. The van der Waals surface area contributed by atoms with E-state index in [4.69, 9.17) is 5.11 Å². The van der Waals surface area contributed by atoms with E-state index in [0.717, 1.165) is 63.7 Å². The zero-order chi connectivity index (χ0) is 20.4. The highest BCUT2D eigenvalue weighted by molar-refractivity contribution is 5.66. The standard InChI is InChI=1S/C22H30N4O3/c1-24-12-10-17-5-8-20(14-18(17)11-13-24)26-22(29)25(15-23-26)19-6-2-16(3-7-19)4-9-21(27)28/h5,8,14-16,19H,2-4,6-7,9-13H2,1H3,(H,27,28). The number of carbonyl (C=O) groups is 1. The van der Waals surface area contributed by atoms with Gasteiger partial charge in [0.2, 0.25) is 0 Å². The van der Waals surface area contributed by atoms with E-state index in [9.17, 15) is 9.59 Å². The number of rotatable bonds is 5. The molecule has 7 heteroatoms. The summed E-state index contributed by atoms with van der Waals surface area (Å²) in [4.78, 5) is 26.1. The molecule has 0 unspecified atom stereocenters. The highest BCUT2D eigenvalue weighted by Crippen LogP contribution is 2.33. The lowest BCUT2D eigenvalue weighted by Crippen LogP contribution is -2.29. The van der Waals surface area contributed by atoms with Gasteiger partial charge in [0.05, 0.1) is 5.69 Å². The number of nitrogens with zero attached hydrogens (tertiary/aromatic N) is 4. The van der Waals surface area contributed by atoms with Crippen molar-refractivity contribution in [3.8, 4) is 5.69 Å². The Morgan fingerprint density at radius 3 is 2.59 bits per heavy atom. The molecule has 1 aromatic heterocycles. The molecule has 0 amide bonds. The fraction of sp³-hybridized carbons (Fsp3) is 0.591. The molecule has 156 valence electrons. The van der Waals surface area contributed by atoms with Gasteiger partial charge in [-0.3, -0.25) is 9.36 Å². The number of carboxylic acid groups (broad SMARTS) is 1. The van der Waals surface area contributed by atoms with Gasteiger partial charge in [-0.15, -0.1) is 0 Å². The molecule has 1 N–H and O–H groups in total. The molecule has 0 spiro atoms. The molecule has 1 fully saturated rings. The van der Waals surface area contributed by atoms with E-state index in [1.165, 1.54) is 15.8 Å². The van der Waals surface area contributed by atoms with Gasteiger partial charge >= 0.3 is 11.7 Å². The van der Waals surface area contributed by atoms with Gasteiger partial charge in [0.15, 0.2) is 0 Å². The monoisotopic (exact) mass is 398 g/mol. The Hall–Kier alpha value is -2.41. The summed E-state index contributed by atoms with van der Waals surface area (Å²) in [5, 5.41) is 13.3. The van der Waals surface area contributed by atoms with Crippen LogP contribution in [0.5, 0.6) is 0 Å². The van der Waals surface area contributed by atoms with E-state index in [2.05, 4.69) is 29.2 Å². The summed E-state index contributed by atoms with van der Waals surface area (Å²) in [6, 6.07) is 6.43. The molecule has 4 rings (SSSR count). The first-order valence-corrected chi connectivity index (χ1v) is 10.7. The van der Waals surface area contributed by atoms with Crippen LogP contribution in [0.2, 0.25) is 0 Å². The van der Waals surface area contributed by atoms with Crippen molar-refractivity contribution in [3.05, 3.63) is 46.1 Å². The Kier molecular flexibility index (Phi) is 5.85. The predicted octanol–water partition coefficient (Wildman–Crippen LogP) is 2.66. The average molecular weight is 399 g/mol. The Bertz CT molecular complexity index is 924. The van der Waals surface area contributed by atoms with Crippen LogP contribution < -0.4 is 5.69 Å². The molecule has 1 aliphatic heterocycles. The van der Waals surface area contributed by atoms with Crippen molar-refractivity contribution in [1.82, 2.24) is 19.2 Å². The third-order valence-electron chi connectivity index (χ3n) is 6.63. The van der Waals surface area contributed by atoms with Gasteiger partial charge in [0, 0.05) is 25.6 Å². The normalized spacial score (nSPS) is 22.8. The number of hydrogen-bond acceptors (Lipinski definition) is 4. The predicted molar refractivity (Wildman–Crippen MR) is 111 cm³/mol. The van der Waals surface area contributed by atoms with Crippen LogP contribution in [0.25, 0.3) is 5.69 Å². The number of aliphatic carboxylic acids is 1. The van der Waals surface area contributed by atoms with Crippen LogP contribution in [0.15, 0.2) is 29.3 Å². The molecule has 0 radical (unpaired) electrons. The lowest BCUT2D eigenvalue weighted by atomic mass is 9.83. The Morgan fingerprint density at radius 2 is 1.86 bits per heavy atom. The quantitative estimate of drug-likeness (QED) is 0.838. The van der Waals surface area contributed by atoms with E-state index in [1.807, 2.05) is 6.07 Å². The number of likely N-dealkylation sites (N-methyl/N-ethyl adjacent to an activating group) is 1. The molecular formula is C22H30N4O3. The molecule has 0 bridgehead atoms. The molecule has 7 nitrogen and oxygen atoms in total. The van der Waals surface area contributed by atoms with Crippen molar-refractivity contribution >= 4 is 5.97 Å². The van der Waals surface area contributed by atoms with Gasteiger partial charge in [-0.25, -0.2) is 4.79 Å². The Labute approximate surface area is 170 Å². The van der Waals surface area contributed by atoms with Gasteiger partial charge < -0.3 is 10.0 Å². The highest BCUT2D eigenvalue weighted by atomic mass is 16.4. The van der Waals surface area contributed by atoms with E-state index < -0.39 is 5.97 Å². The maximum Gasteiger partial charge on any atom is 0.350 e. The molecule has 0 saturated heterocycles. The summed E-state index contributed by atoms with van der Waals surface area (Å²) in [7, 11) is 2.15. The van der Waals surface area contributed by atoms with Crippen molar-refractivity contribution in [2.24, 2.45) is 5.92 Å². The number of carboxylic acids is 1. The van der Waals surface area contributed by atoms with Crippen molar-refractivity contribution < 1.29 is 9.90 Å². The summed E-state index contributed by atoms with van der Waals surface area (Å²) in [6.45, 7) is 2.10. The summed E-state index contributed by atoms with van der Waals surface area (Å²) >= 11 is 0. The Morgan fingerprint density at radius 1 is 1.14 bits per heavy atom. The molecule has 1 saturated carbocycles. The molecule has 2 heterocycles. The molecule has 1 aliphatic carbocycles. The maximum atomic E-state index is 13.0. The van der Waals surface area contributed by atoms with Gasteiger partial charge in [0.25, 0.3) is 0 Å². The zero-order valence-corrected chi connectivity index (χ0v) is 17.1. The van der Waals surface area contributed by atoms with Crippen LogP contribution in [-0.4, -0.2) is 50.5 Å². The van der Waals surface area contributed by atoms with Crippen LogP contribution in [0.1, 0.15) is 55.7 Å². The topological polar surface area (TPSA) is 80.4 Å². The van der Waals surface area contributed by atoms with E-state index >= 15 is 0 Å². The Balaban J connectivity index is 1.47. The van der Waals surface area contributed by atoms with Crippen LogP contribution in [0.4, 0.5) is 0 Å². The van der Waals surface area contributed by atoms with Gasteiger partial charge in [-0.2, -0.15) is 9.78 Å². The minimum Gasteiger partial charge on any atom is -0.481 e. The van der Waals surface area contributed by atoms with Crippen LogP contribution in [0, 0.1) is 5.92 Å². The summed E-state index contributed by atoms with van der Waals surface area (Å²) in [5.41, 5.74) is 3.44. The fourth-order valence-corrected chi connectivity index (χ4v) is 4.74. The smallest absolute Gasteiger partial charge is 0.350 e. The van der Waals surface area contributed by atoms with Gasteiger partial charge in [-0.1, -0.05) is 6.07 Å². The molecule has 2 aromatic rings. The second-order valence-electron chi connectivity index (χ2n) is 8.60. The summed E-state index contributed by atoms with van der Waals surface area (Å²) < 4.78 is 3.29. The van der Waals surface area contributed by atoms with Gasteiger partial charge in [-0.05, 0) is 81.2 Å². The summed E-state index contributed by atoms with van der Waals surface area (Å²) in [5.74, 6) is -0.271. The summed E-state index contributed by atoms with van der Waals surface area (Å²) in [6.07, 6.45) is 8.45. The molecule has 0 atom stereocenters. The molecular weight excluding hydrogens is 368 g/mol. The van der Waals surface area contributed by atoms with E-state index in [1.54, 1.807) is 10.9 Å². The molecule has 2 aliphatic rings. The van der Waals surface area contributed by atoms with Crippen LogP contribution in [0.3, 0.4) is 0 Å². The first-order chi connectivity index (χ1) is 14.0. The minimum absolute atomic E-state index is 0.0790. The lowest BCUT2D eigenvalue weighted by molar-refractivity contribution is -0.137. The third-order valence-corrected chi connectivity index (χ3v) is 6.63. The van der Waals surface area contributed by atoms with Crippen molar-refractivity contribution in [2.45, 2.75) is 57.4 Å². The number of benzene rings is 1. The second kappa shape index (κ2) is 8.53. The molecule has 1 aromatic carbocycles. The lowest BCUT2D eigenvalue weighted by Gasteiger charge is -2.28. The minimum atomic E-state index is -0.725. The third kappa shape index (κ3) is 4.45. The van der Waals surface area contributed by atoms with Crippen molar-refractivity contribution in [1.29, 1.82) is 0 Å².